The molecule has 1 amide bonds. The van der Waals surface area contributed by atoms with Crippen molar-refractivity contribution in [3.05, 3.63) is 30.1 Å². The first-order valence-corrected chi connectivity index (χ1v) is 8.35. The topological polar surface area (TPSA) is 74.8 Å². The zero-order valence-electron chi connectivity index (χ0n) is 13.8. The molecule has 0 aromatic carbocycles. The van der Waals surface area contributed by atoms with Crippen LogP contribution in [0.5, 0.6) is 0 Å². The van der Waals surface area contributed by atoms with Gasteiger partial charge in [-0.25, -0.2) is 4.98 Å². The quantitative estimate of drug-likeness (QED) is 0.776. The van der Waals surface area contributed by atoms with Gasteiger partial charge < -0.3 is 9.88 Å². The van der Waals surface area contributed by atoms with Gasteiger partial charge in [0.15, 0.2) is 11.3 Å². The summed E-state index contributed by atoms with van der Waals surface area (Å²) in [4.78, 5) is 20.8. The number of likely N-dealkylation sites (tertiary alicyclic amines) is 1. The van der Waals surface area contributed by atoms with Crippen LogP contribution in [0, 0.1) is 0 Å². The summed E-state index contributed by atoms with van der Waals surface area (Å²) in [7, 11) is 0. The average molecular weight is 363 g/mol. The molecule has 1 atom stereocenters. The largest absolute Gasteiger partial charge is 0.389 e. The molecule has 3 aromatic rings. The third-order valence-electron chi connectivity index (χ3n) is 4.80. The van der Waals surface area contributed by atoms with Gasteiger partial charge in [0.05, 0.1) is 6.42 Å². The molecule has 26 heavy (non-hydrogen) atoms. The Labute approximate surface area is 146 Å². The number of rotatable bonds is 3. The van der Waals surface area contributed by atoms with E-state index in [0.717, 1.165) is 16.3 Å². The summed E-state index contributed by atoms with van der Waals surface area (Å²) in [5.41, 5.74) is 2.19. The van der Waals surface area contributed by atoms with Crippen molar-refractivity contribution in [2.24, 2.45) is 0 Å². The third-order valence-corrected chi connectivity index (χ3v) is 4.80. The van der Waals surface area contributed by atoms with E-state index in [1.54, 1.807) is 12.4 Å². The fraction of sp³-hybridized carbons (Fsp3) is 0.412. The number of pyridine rings is 1. The maximum Gasteiger partial charge on any atom is 0.389 e. The molecular formula is C17H16F3N5O. The molecule has 0 bridgehead atoms. The van der Waals surface area contributed by atoms with E-state index in [1.807, 2.05) is 12.1 Å². The summed E-state index contributed by atoms with van der Waals surface area (Å²) in [5, 5.41) is 10.0. The molecule has 0 aliphatic carbocycles. The number of hydrogen-bond acceptors (Lipinski definition) is 4. The lowest BCUT2D eigenvalue weighted by Crippen LogP contribution is -2.29. The van der Waals surface area contributed by atoms with Crippen LogP contribution >= 0.6 is 0 Å². The number of halogens is 3. The monoisotopic (exact) mass is 363 g/mol. The van der Waals surface area contributed by atoms with E-state index >= 15 is 0 Å². The molecule has 6 nitrogen and oxygen atoms in total. The minimum atomic E-state index is -4.31. The molecule has 9 heteroatoms. The van der Waals surface area contributed by atoms with E-state index in [9.17, 15) is 18.0 Å². The van der Waals surface area contributed by atoms with E-state index < -0.39 is 24.9 Å². The second kappa shape index (κ2) is 6.22. The Morgan fingerprint density at radius 2 is 2.15 bits per heavy atom. The van der Waals surface area contributed by atoms with Crippen LogP contribution in [-0.2, 0) is 4.79 Å². The lowest BCUT2D eigenvalue weighted by atomic mass is 9.95. The number of carbonyl (C=O) groups is 1. The first kappa shape index (κ1) is 16.7. The molecule has 136 valence electrons. The minimum Gasteiger partial charge on any atom is -0.345 e. The molecule has 0 radical (unpaired) electrons. The molecular weight excluding hydrogens is 347 g/mol. The van der Waals surface area contributed by atoms with Crippen LogP contribution in [0.1, 0.15) is 30.7 Å². The normalized spacial score (nSPS) is 18.1. The van der Waals surface area contributed by atoms with Gasteiger partial charge in [0.25, 0.3) is 0 Å². The highest BCUT2D eigenvalue weighted by Gasteiger charge is 2.32. The van der Waals surface area contributed by atoms with E-state index in [1.165, 1.54) is 4.90 Å². The summed E-state index contributed by atoms with van der Waals surface area (Å²) in [6.45, 7) is 0.871. The fourth-order valence-electron chi connectivity index (χ4n) is 3.55. The predicted octanol–water partition coefficient (Wildman–Crippen LogP) is 3.16. The van der Waals surface area contributed by atoms with Crippen molar-refractivity contribution in [2.75, 3.05) is 13.1 Å². The summed E-state index contributed by atoms with van der Waals surface area (Å²) in [5.74, 6) is -0.402. The van der Waals surface area contributed by atoms with Gasteiger partial charge in [-0.3, -0.25) is 4.79 Å². The predicted molar refractivity (Wildman–Crippen MR) is 88.4 cm³/mol. The highest BCUT2D eigenvalue weighted by molar-refractivity contribution is 6.03. The van der Waals surface area contributed by atoms with Crippen LogP contribution in [0.3, 0.4) is 0 Å². The van der Waals surface area contributed by atoms with Crippen molar-refractivity contribution in [3.63, 3.8) is 0 Å². The zero-order chi connectivity index (χ0) is 18.3. The highest BCUT2D eigenvalue weighted by atomic mass is 19.4. The van der Waals surface area contributed by atoms with E-state index in [0.29, 0.717) is 30.8 Å². The van der Waals surface area contributed by atoms with E-state index in [-0.39, 0.29) is 5.92 Å². The first-order valence-electron chi connectivity index (χ1n) is 8.35. The van der Waals surface area contributed by atoms with Gasteiger partial charge >= 0.3 is 6.18 Å². The van der Waals surface area contributed by atoms with Crippen molar-refractivity contribution >= 4 is 28.0 Å². The number of nitrogens with zero attached hydrogens (tertiary/aromatic N) is 4. The zero-order valence-corrected chi connectivity index (χ0v) is 13.8. The molecule has 4 heterocycles. The molecule has 1 aliphatic heterocycles. The minimum absolute atomic E-state index is 0.0456. The van der Waals surface area contributed by atoms with Gasteiger partial charge in [-0.05, 0) is 24.1 Å². The van der Waals surface area contributed by atoms with Crippen molar-refractivity contribution in [2.45, 2.75) is 31.4 Å². The number of aromatic amines is 1. The SMILES string of the molecule is O=C(CCC(F)(F)F)N1CCC(c2cc[nH]c3nnc4nccc4c23)C1. The maximum atomic E-state index is 12.3. The van der Waals surface area contributed by atoms with Crippen LogP contribution in [0.15, 0.2) is 24.5 Å². The molecule has 1 aliphatic rings. The van der Waals surface area contributed by atoms with Crippen molar-refractivity contribution in [1.82, 2.24) is 25.1 Å². The molecule has 1 saturated heterocycles. The number of fused-ring (bicyclic) bond motifs is 3. The number of aromatic nitrogens is 4. The number of alkyl halides is 3. The first-order chi connectivity index (χ1) is 12.4. The molecule has 4 rings (SSSR count). The molecule has 1 unspecified atom stereocenters. The number of amides is 1. The second-order valence-electron chi connectivity index (χ2n) is 6.48. The Kier molecular flexibility index (Phi) is 4.01. The average Bonchev–Trinajstić information content (AvgIpc) is 3.27. The van der Waals surface area contributed by atoms with Crippen LogP contribution in [0.2, 0.25) is 0 Å². The van der Waals surface area contributed by atoms with Crippen LogP contribution in [0.25, 0.3) is 22.1 Å². The molecule has 0 spiro atoms. The van der Waals surface area contributed by atoms with Gasteiger partial charge in [-0.1, -0.05) is 0 Å². The van der Waals surface area contributed by atoms with Crippen molar-refractivity contribution in [1.29, 1.82) is 0 Å². The Balaban J connectivity index is 1.59. The van der Waals surface area contributed by atoms with Crippen molar-refractivity contribution in [3.8, 4) is 0 Å². The van der Waals surface area contributed by atoms with E-state index in [2.05, 4.69) is 20.2 Å². The second-order valence-corrected chi connectivity index (χ2v) is 6.48. The summed E-state index contributed by atoms with van der Waals surface area (Å²) in [6.07, 6.45) is -1.75. The van der Waals surface area contributed by atoms with Gasteiger partial charge in [0.2, 0.25) is 5.91 Å². The lowest BCUT2D eigenvalue weighted by Gasteiger charge is -2.18. The molecule has 3 aromatic heterocycles. The van der Waals surface area contributed by atoms with Gasteiger partial charge in [0, 0.05) is 48.6 Å². The van der Waals surface area contributed by atoms with Gasteiger partial charge in [0.1, 0.15) is 0 Å². The highest BCUT2D eigenvalue weighted by Crippen LogP contribution is 2.34. The number of nitrogens with one attached hydrogen (secondary N) is 1. The number of hydrogen-bond donors (Lipinski definition) is 1. The van der Waals surface area contributed by atoms with Gasteiger partial charge in [-0.2, -0.15) is 13.2 Å². The Morgan fingerprint density at radius 1 is 1.31 bits per heavy atom. The Morgan fingerprint density at radius 3 is 2.96 bits per heavy atom. The lowest BCUT2D eigenvalue weighted by molar-refractivity contribution is -0.148. The van der Waals surface area contributed by atoms with Crippen molar-refractivity contribution < 1.29 is 18.0 Å². The van der Waals surface area contributed by atoms with Crippen LogP contribution in [0.4, 0.5) is 13.2 Å². The number of H-pyrrole nitrogens is 1. The summed E-state index contributed by atoms with van der Waals surface area (Å²) in [6, 6.07) is 3.80. The summed E-state index contributed by atoms with van der Waals surface area (Å²) < 4.78 is 37.0. The fourth-order valence-corrected chi connectivity index (χ4v) is 3.55. The van der Waals surface area contributed by atoms with E-state index in [4.69, 9.17) is 0 Å². The third kappa shape index (κ3) is 3.09. The molecule has 1 N–H and O–H groups in total. The maximum absolute atomic E-state index is 12.3. The van der Waals surface area contributed by atoms with Crippen LogP contribution in [-0.4, -0.2) is 50.2 Å². The Bertz CT molecular complexity index is 968. The molecule has 1 fully saturated rings. The smallest absolute Gasteiger partial charge is 0.345 e. The standard InChI is InChI=1S/C17H16F3N5O/c18-17(19,20)5-1-13(26)25-8-4-10(9-25)11-2-6-22-16-14(11)12-3-7-21-15(12)23-24-16/h2-3,6-7,10H,1,4-5,8-9H2,(H,22,24). The van der Waals surface area contributed by atoms with Gasteiger partial charge in [-0.15, -0.1) is 10.2 Å². The summed E-state index contributed by atoms with van der Waals surface area (Å²) >= 11 is 0. The molecule has 0 saturated carbocycles. The Hall–Kier alpha value is -2.71. The van der Waals surface area contributed by atoms with Crippen LogP contribution < -0.4 is 0 Å². The number of carbonyl (C=O) groups excluding carboxylic acids is 1.